The van der Waals surface area contributed by atoms with Crippen molar-refractivity contribution in [3.05, 3.63) is 52.5 Å². The van der Waals surface area contributed by atoms with Gasteiger partial charge in [-0.05, 0) is 30.3 Å². The molecule has 0 heterocycles. The normalized spacial score (nSPS) is 10.1. The molecule has 28 heavy (non-hydrogen) atoms. The Morgan fingerprint density at radius 1 is 0.929 bits per heavy atom. The maximum atomic E-state index is 12.0. The van der Waals surface area contributed by atoms with Crippen LogP contribution in [0.4, 0.5) is 11.4 Å². The number of hydrogen-bond donors (Lipinski definition) is 2. The van der Waals surface area contributed by atoms with Crippen LogP contribution in [0, 0.1) is 0 Å². The largest absolute Gasteiger partial charge is 0.495 e. The SMILES string of the molecule is COc1ccccc1NC(=O)CCC(=O)OCC(=O)Nc1cc(Cl)ccc1Cl. The molecule has 7 nitrogen and oxygen atoms in total. The molecule has 0 bridgehead atoms. The number of benzene rings is 2. The second kappa shape index (κ2) is 10.5. The van der Waals surface area contributed by atoms with Crippen molar-refractivity contribution in [3.63, 3.8) is 0 Å². The van der Waals surface area contributed by atoms with Gasteiger partial charge in [0, 0.05) is 11.4 Å². The van der Waals surface area contributed by atoms with Gasteiger partial charge in [0.2, 0.25) is 5.91 Å². The Hall–Kier alpha value is -2.77. The van der Waals surface area contributed by atoms with Crippen LogP contribution in [-0.2, 0) is 19.1 Å². The van der Waals surface area contributed by atoms with Crippen molar-refractivity contribution < 1.29 is 23.9 Å². The summed E-state index contributed by atoms with van der Waals surface area (Å²) in [7, 11) is 1.49. The number of para-hydroxylation sites is 2. The first-order valence-corrected chi connectivity index (χ1v) is 8.98. The highest BCUT2D eigenvalue weighted by molar-refractivity contribution is 6.35. The molecule has 2 amide bonds. The summed E-state index contributed by atoms with van der Waals surface area (Å²) in [5.74, 6) is -1.12. The van der Waals surface area contributed by atoms with Crippen LogP contribution in [-0.4, -0.2) is 31.5 Å². The fourth-order valence-electron chi connectivity index (χ4n) is 2.17. The predicted molar refractivity (Wildman–Crippen MR) is 107 cm³/mol. The summed E-state index contributed by atoms with van der Waals surface area (Å²) in [6, 6.07) is 11.5. The van der Waals surface area contributed by atoms with Crippen LogP contribution in [0.2, 0.25) is 10.0 Å². The zero-order valence-electron chi connectivity index (χ0n) is 15.0. The molecular formula is C19H18Cl2N2O5. The Labute approximate surface area is 171 Å². The van der Waals surface area contributed by atoms with E-state index in [-0.39, 0.29) is 18.7 Å². The number of amides is 2. The van der Waals surface area contributed by atoms with Gasteiger partial charge >= 0.3 is 5.97 Å². The van der Waals surface area contributed by atoms with Crippen molar-refractivity contribution in [3.8, 4) is 5.75 Å². The Morgan fingerprint density at radius 2 is 1.64 bits per heavy atom. The van der Waals surface area contributed by atoms with Gasteiger partial charge in [-0.3, -0.25) is 14.4 Å². The van der Waals surface area contributed by atoms with Gasteiger partial charge in [-0.15, -0.1) is 0 Å². The highest BCUT2D eigenvalue weighted by atomic mass is 35.5. The zero-order valence-corrected chi connectivity index (χ0v) is 16.5. The summed E-state index contributed by atoms with van der Waals surface area (Å²) < 4.78 is 9.99. The molecule has 2 rings (SSSR count). The molecule has 148 valence electrons. The Morgan fingerprint density at radius 3 is 2.39 bits per heavy atom. The fourth-order valence-corrected chi connectivity index (χ4v) is 2.51. The van der Waals surface area contributed by atoms with Gasteiger partial charge in [-0.25, -0.2) is 0 Å². The van der Waals surface area contributed by atoms with Gasteiger partial charge in [-0.1, -0.05) is 35.3 Å². The molecule has 0 aliphatic carbocycles. The van der Waals surface area contributed by atoms with E-state index in [9.17, 15) is 14.4 Å². The number of nitrogens with one attached hydrogen (secondary N) is 2. The number of esters is 1. The maximum Gasteiger partial charge on any atom is 0.306 e. The molecule has 0 aromatic heterocycles. The van der Waals surface area contributed by atoms with Crippen molar-refractivity contribution in [1.29, 1.82) is 0 Å². The number of carbonyl (C=O) groups is 3. The van der Waals surface area contributed by atoms with E-state index in [1.165, 1.54) is 19.2 Å². The van der Waals surface area contributed by atoms with Crippen LogP contribution in [0.3, 0.4) is 0 Å². The molecule has 0 atom stereocenters. The van der Waals surface area contributed by atoms with E-state index in [2.05, 4.69) is 10.6 Å². The van der Waals surface area contributed by atoms with Crippen LogP contribution in [0.5, 0.6) is 5.75 Å². The van der Waals surface area contributed by atoms with E-state index in [1.807, 2.05) is 0 Å². The van der Waals surface area contributed by atoms with Crippen LogP contribution in [0.1, 0.15) is 12.8 Å². The van der Waals surface area contributed by atoms with E-state index < -0.39 is 18.5 Å². The van der Waals surface area contributed by atoms with Gasteiger partial charge in [0.1, 0.15) is 5.75 Å². The van der Waals surface area contributed by atoms with Crippen molar-refractivity contribution in [2.75, 3.05) is 24.4 Å². The number of hydrogen-bond acceptors (Lipinski definition) is 5. The third-order valence-electron chi connectivity index (χ3n) is 3.50. The minimum atomic E-state index is -0.678. The van der Waals surface area contributed by atoms with Gasteiger partial charge in [0.05, 0.1) is 29.9 Å². The number of anilines is 2. The quantitative estimate of drug-likeness (QED) is 0.626. The number of rotatable bonds is 8. The molecule has 0 radical (unpaired) electrons. The van der Waals surface area contributed by atoms with E-state index >= 15 is 0 Å². The monoisotopic (exact) mass is 424 g/mol. The first-order chi connectivity index (χ1) is 13.4. The molecule has 0 aliphatic heterocycles. The summed E-state index contributed by atoms with van der Waals surface area (Å²) in [4.78, 5) is 35.5. The third kappa shape index (κ3) is 6.75. The zero-order chi connectivity index (χ0) is 20.5. The number of methoxy groups -OCH3 is 1. The topological polar surface area (TPSA) is 93.7 Å². The first kappa shape index (κ1) is 21.5. The lowest BCUT2D eigenvalue weighted by atomic mass is 10.2. The summed E-state index contributed by atoms with van der Waals surface area (Å²) in [5, 5.41) is 5.84. The predicted octanol–water partition coefficient (Wildman–Crippen LogP) is 3.90. The summed E-state index contributed by atoms with van der Waals surface area (Å²) in [6.45, 7) is -0.504. The lowest BCUT2D eigenvalue weighted by molar-refractivity contribution is -0.147. The summed E-state index contributed by atoms with van der Waals surface area (Å²) >= 11 is 11.8. The van der Waals surface area contributed by atoms with Crippen molar-refractivity contribution in [2.45, 2.75) is 12.8 Å². The number of carbonyl (C=O) groups excluding carboxylic acids is 3. The maximum absolute atomic E-state index is 12.0. The summed E-state index contributed by atoms with van der Waals surface area (Å²) in [6.07, 6.45) is -0.273. The van der Waals surface area contributed by atoms with Crippen LogP contribution >= 0.6 is 23.2 Å². The molecule has 0 saturated carbocycles. The lowest BCUT2D eigenvalue weighted by Gasteiger charge is -2.10. The number of halogens is 2. The van der Waals surface area contributed by atoms with Crippen molar-refractivity contribution >= 4 is 52.4 Å². The third-order valence-corrected chi connectivity index (χ3v) is 4.07. The highest BCUT2D eigenvalue weighted by Gasteiger charge is 2.13. The van der Waals surface area contributed by atoms with Gasteiger partial charge in [-0.2, -0.15) is 0 Å². The smallest absolute Gasteiger partial charge is 0.306 e. The highest BCUT2D eigenvalue weighted by Crippen LogP contribution is 2.25. The van der Waals surface area contributed by atoms with Crippen LogP contribution in [0.15, 0.2) is 42.5 Å². The summed E-state index contributed by atoms with van der Waals surface area (Å²) in [5.41, 5.74) is 0.813. The Bertz CT molecular complexity index is 873. The Balaban J connectivity index is 1.74. The van der Waals surface area contributed by atoms with Crippen LogP contribution in [0.25, 0.3) is 0 Å². The van der Waals surface area contributed by atoms with Crippen molar-refractivity contribution in [1.82, 2.24) is 0 Å². The van der Waals surface area contributed by atoms with Gasteiger partial charge in [0.25, 0.3) is 5.91 Å². The van der Waals surface area contributed by atoms with E-state index in [0.29, 0.717) is 27.2 Å². The second-order valence-electron chi connectivity index (χ2n) is 5.58. The van der Waals surface area contributed by atoms with Gasteiger partial charge < -0.3 is 20.1 Å². The van der Waals surface area contributed by atoms with Crippen molar-refractivity contribution in [2.24, 2.45) is 0 Å². The molecule has 2 aromatic rings. The molecule has 0 saturated heterocycles. The molecule has 0 unspecified atom stereocenters. The van der Waals surface area contributed by atoms with Crippen LogP contribution < -0.4 is 15.4 Å². The standard InChI is InChI=1S/C19H18Cl2N2O5/c1-27-16-5-3-2-4-14(16)22-17(24)8-9-19(26)28-11-18(25)23-15-10-12(20)6-7-13(15)21/h2-7,10H,8-9,11H2,1H3,(H,22,24)(H,23,25). The molecule has 0 fully saturated rings. The molecule has 2 aromatic carbocycles. The Kier molecular flexibility index (Phi) is 8.10. The molecule has 0 aliphatic rings. The molecular weight excluding hydrogens is 407 g/mol. The molecule has 2 N–H and O–H groups in total. The van der Waals surface area contributed by atoms with E-state index in [0.717, 1.165) is 0 Å². The average molecular weight is 425 g/mol. The molecule has 0 spiro atoms. The average Bonchev–Trinajstić information content (AvgIpc) is 2.68. The van der Waals surface area contributed by atoms with E-state index in [1.54, 1.807) is 30.3 Å². The molecule has 9 heteroatoms. The lowest BCUT2D eigenvalue weighted by Crippen LogP contribution is -2.22. The first-order valence-electron chi connectivity index (χ1n) is 8.22. The minimum Gasteiger partial charge on any atom is -0.495 e. The fraction of sp³-hybridized carbons (Fsp3) is 0.211. The number of ether oxygens (including phenoxy) is 2. The minimum absolute atomic E-state index is 0.0986. The van der Waals surface area contributed by atoms with Gasteiger partial charge in [0.15, 0.2) is 6.61 Å². The van der Waals surface area contributed by atoms with E-state index in [4.69, 9.17) is 32.7 Å². The second-order valence-corrected chi connectivity index (χ2v) is 6.43.